The number of nitrogens with zero attached hydrogens (tertiary/aromatic N) is 1. The van der Waals surface area contributed by atoms with Crippen LogP contribution in [0.2, 0.25) is 0 Å². The summed E-state index contributed by atoms with van der Waals surface area (Å²) in [5.74, 6) is 2.51. The van der Waals surface area contributed by atoms with E-state index < -0.39 is 0 Å². The number of urea groups is 1. The molecule has 0 spiro atoms. The predicted octanol–water partition coefficient (Wildman–Crippen LogP) is 1.26. The zero-order chi connectivity index (χ0) is 11.4. The van der Waals surface area contributed by atoms with E-state index in [1.165, 1.54) is 0 Å². The summed E-state index contributed by atoms with van der Waals surface area (Å²) in [6.45, 7) is 1.88. The van der Waals surface area contributed by atoms with Gasteiger partial charge in [-0.1, -0.05) is 12.0 Å². The molecule has 1 aromatic rings. The molecule has 1 fully saturated rings. The van der Waals surface area contributed by atoms with Gasteiger partial charge in [0.1, 0.15) is 0 Å². The molecule has 0 saturated carbocycles. The lowest BCUT2D eigenvalue weighted by molar-refractivity contribution is 0.252. The monoisotopic (exact) mass is 215 g/mol. The molecule has 2 N–H and O–H groups in total. The van der Waals surface area contributed by atoms with Gasteiger partial charge in [-0.25, -0.2) is 4.79 Å². The minimum absolute atomic E-state index is 0.0471. The van der Waals surface area contributed by atoms with Crippen molar-refractivity contribution in [2.75, 3.05) is 29.9 Å². The predicted molar refractivity (Wildman–Crippen MR) is 64.5 cm³/mol. The Morgan fingerprint density at radius 2 is 2.44 bits per heavy atom. The summed E-state index contributed by atoms with van der Waals surface area (Å²) in [5.41, 5.74) is 1.81. The minimum atomic E-state index is -0.0471. The summed E-state index contributed by atoms with van der Waals surface area (Å²) in [6.07, 6.45) is 5.17. The summed E-state index contributed by atoms with van der Waals surface area (Å²) in [7, 11) is 0. The Hall–Kier alpha value is -2.15. The molecule has 0 aliphatic carbocycles. The van der Waals surface area contributed by atoms with Crippen molar-refractivity contribution in [1.29, 1.82) is 0 Å². The van der Waals surface area contributed by atoms with Gasteiger partial charge in [-0.3, -0.25) is 4.90 Å². The lowest BCUT2D eigenvalue weighted by Crippen LogP contribution is -2.27. The smallest absolute Gasteiger partial charge is 0.321 e. The molecule has 16 heavy (non-hydrogen) atoms. The van der Waals surface area contributed by atoms with E-state index in [0.717, 1.165) is 11.4 Å². The SMILES string of the molecule is C#CCNc1cccc(N2CCNC2=O)c1. The average Bonchev–Trinajstić information content (AvgIpc) is 2.73. The molecule has 1 heterocycles. The van der Waals surface area contributed by atoms with E-state index in [4.69, 9.17) is 6.42 Å². The second kappa shape index (κ2) is 4.58. The van der Waals surface area contributed by atoms with Gasteiger partial charge in [-0.2, -0.15) is 0 Å². The van der Waals surface area contributed by atoms with Crippen molar-refractivity contribution in [2.24, 2.45) is 0 Å². The zero-order valence-electron chi connectivity index (χ0n) is 8.86. The summed E-state index contributed by atoms with van der Waals surface area (Å²) in [4.78, 5) is 13.2. The van der Waals surface area contributed by atoms with Gasteiger partial charge in [0.2, 0.25) is 0 Å². The zero-order valence-corrected chi connectivity index (χ0v) is 8.86. The van der Waals surface area contributed by atoms with E-state index in [1.807, 2.05) is 24.3 Å². The number of anilines is 2. The molecule has 0 unspecified atom stereocenters. The molecule has 1 aromatic carbocycles. The van der Waals surface area contributed by atoms with Crippen LogP contribution in [0.5, 0.6) is 0 Å². The second-order valence-corrected chi connectivity index (χ2v) is 3.49. The van der Waals surface area contributed by atoms with E-state index in [9.17, 15) is 4.79 Å². The maximum Gasteiger partial charge on any atom is 0.321 e. The molecule has 1 aliphatic heterocycles. The Morgan fingerprint density at radius 3 is 3.12 bits per heavy atom. The number of amides is 2. The maximum atomic E-state index is 11.5. The number of nitrogens with one attached hydrogen (secondary N) is 2. The quantitative estimate of drug-likeness (QED) is 0.745. The fourth-order valence-electron chi connectivity index (χ4n) is 1.65. The van der Waals surface area contributed by atoms with Crippen LogP contribution in [-0.4, -0.2) is 25.7 Å². The molecule has 1 aliphatic rings. The van der Waals surface area contributed by atoms with Crippen molar-refractivity contribution >= 4 is 17.4 Å². The van der Waals surface area contributed by atoms with E-state index >= 15 is 0 Å². The lowest BCUT2D eigenvalue weighted by atomic mass is 10.2. The van der Waals surface area contributed by atoms with Crippen LogP contribution in [0, 0.1) is 12.3 Å². The molecule has 0 bridgehead atoms. The Bertz CT molecular complexity index is 436. The van der Waals surface area contributed by atoms with Gasteiger partial charge in [0.25, 0.3) is 0 Å². The first-order valence-corrected chi connectivity index (χ1v) is 5.14. The van der Waals surface area contributed by atoms with Crippen LogP contribution in [0.25, 0.3) is 0 Å². The van der Waals surface area contributed by atoms with Gasteiger partial charge in [-0.15, -0.1) is 6.42 Å². The van der Waals surface area contributed by atoms with E-state index in [0.29, 0.717) is 19.6 Å². The number of carbonyl (C=O) groups is 1. The third-order valence-corrected chi connectivity index (χ3v) is 2.41. The molecule has 0 radical (unpaired) electrons. The molecule has 4 heteroatoms. The van der Waals surface area contributed by atoms with Crippen LogP contribution in [0.15, 0.2) is 24.3 Å². The number of carbonyl (C=O) groups excluding carboxylic acids is 1. The Labute approximate surface area is 94.6 Å². The van der Waals surface area contributed by atoms with Crippen molar-refractivity contribution in [3.8, 4) is 12.3 Å². The Kier molecular flexibility index (Phi) is 2.97. The molecule has 2 amide bonds. The van der Waals surface area contributed by atoms with Gasteiger partial charge >= 0.3 is 6.03 Å². The number of rotatable bonds is 3. The number of benzene rings is 1. The van der Waals surface area contributed by atoms with Crippen LogP contribution >= 0.6 is 0 Å². The van der Waals surface area contributed by atoms with Gasteiger partial charge in [0.15, 0.2) is 0 Å². The van der Waals surface area contributed by atoms with Crippen molar-refractivity contribution in [3.63, 3.8) is 0 Å². The Morgan fingerprint density at radius 1 is 1.56 bits per heavy atom. The fourth-order valence-corrected chi connectivity index (χ4v) is 1.65. The molecule has 4 nitrogen and oxygen atoms in total. The lowest BCUT2D eigenvalue weighted by Gasteiger charge is -2.15. The highest BCUT2D eigenvalue weighted by atomic mass is 16.2. The highest BCUT2D eigenvalue weighted by Gasteiger charge is 2.20. The van der Waals surface area contributed by atoms with Crippen LogP contribution in [0.1, 0.15) is 0 Å². The molecule has 0 atom stereocenters. The standard InChI is InChI=1S/C12H13N3O/c1-2-6-13-10-4-3-5-11(9-10)15-8-7-14-12(15)16/h1,3-5,9,13H,6-8H2,(H,14,16). The molecular weight excluding hydrogens is 202 g/mol. The summed E-state index contributed by atoms with van der Waals surface area (Å²) in [6, 6.07) is 7.61. The van der Waals surface area contributed by atoms with Crippen LogP contribution in [0.3, 0.4) is 0 Å². The van der Waals surface area contributed by atoms with Gasteiger partial charge in [-0.05, 0) is 18.2 Å². The number of hydrogen-bond acceptors (Lipinski definition) is 2. The topological polar surface area (TPSA) is 44.4 Å². The molecular formula is C12H13N3O. The summed E-state index contributed by atoms with van der Waals surface area (Å²) in [5, 5.41) is 5.84. The largest absolute Gasteiger partial charge is 0.374 e. The number of hydrogen-bond donors (Lipinski definition) is 2. The second-order valence-electron chi connectivity index (χ2n) is 3.49. The van der Waals surface area contributed by atoms with Crippen molar-refractivity contribution in [2.45, 2.75) is 0 Å². The fraction of sp³-hybridized carbons (Fsp3) is 0.250. The van der Waals surface area contributed by atoms with Crippen LogP contribution in [0.4, 0.5) is 16.2 Å². The summed E-state index contributed by atoms with van der Waals surface area (Å²) >= 11 is 0. The average molecular weight is 215 g/mol. The maximum absolute atomic E-state index is 11.5. The third kappa shape index (κ3) is 2.09. The first-order valence-electron chi connectivity index (χ1n) is 5.14. The molecule has 2 rings (SSSR count). The molecule has 1 saturated heterocycles. The minimum Gasteiger partial charge on any atom is -0.374 e. The van der Waals surface area contributed by atoms with E-state index in [2.05, 4.69) is 16.6 Å². The normalized spacial score (nSPS) is 14.4. The van der Waals surface area contributed by atoms with E-state index in [1.54, 1.807) is 4.90 Å². The Balaban J connectivity index is 2.15. The van der Waals surface area contributed by atoms with Crippen molar-refractivity contribution in [3.05, 3.63) is 24.3 Å². The highest BCUT2D eigenvalue weighted by Crippen LogP contribution is 2.20. The van der Waals surface area contributed by atoms with Crippen LogP contribution < -0.4 is 15.5 Å². The first-order chi connectivity index (χ1) is 7.81. The number of terminal acetylenes is 1. The summed E-state index contributed by atoms with van der Waals surface area (Å²) < 4.78 is 0. The first kappa shape index (κ1) is 10.4. The van der Waals surface area contributed by atoms with Gasteiger partial charge in [0.05, 0.1) is 6.54 Å². The van der Waals surface area contributed by atoms with Gasteiger partial charge < -0.3 is 10.6 Å². The molecule has 0 aromatic heterocycles. The molecule has 82 valence electrons. The van der Waals surface area contributed by atoms with Crippen LogP contribution in [-0.2, 0) is 0 Å². The highest BCUT2D eigenvalue weighted by molar-refractivity contribution is 5.94. The third-order valence-electron chi connectivity index (χ3n) is 2.41. The van der Waals surface area contributed by atoms with Crippen molar-refractivity contribution < 1.29 is 4.79 Å². The van der Waals surface area contributed by atoms with Crippen molar-refractivity contribution in [1.82, 2.24) is 5.32 Å². The van der Waals surface area contributed by atoms with Gasteiger partial charge in [0, 0.05) is 24.5 Å². The van der Waals surface area contributed by atoms with E-state index in [-0.39, 0.29) is 6.03 Å².